The van der Waals surface area contributed by atoms with Crippen molar-refractivity contribution in [1.29, 1.82) is 0 Å². The van der Waals surface area contributed by atoms with Gasteiger partial charge in [-0.15, -0.1) is 0 Å². The van der Waals surface area contributed by atoms with Crippen LogP contribution in [0.15, 0.2) is 121 Å². The van der Waals surface area contributed by atoms with Crippen molar-refractivity contribution in [2.75, 3.05) is 78.8 Å². The first-order valence-corrected chi connectivity index (χ1v) is 24.3. The monoisotopic (exact) mass is 800 g/mol. The molecule has 56 heavy (non-hydrogen) atoms. The molecular weight excluding hydrogens is 735 g/mol. The summed E-state index contributed by atoms with van der Waals surface area (Å²) in [5, 5.41) is 11.3. The van der Waals surface area contributed by atoms with Gasteiger partial charge >= 0.3 is 0 Å². The van der Waals surface area contributed by atoms with Crippen LogP contribution >= 0.6 is 0 Å². The van der Waals surface area contributed by atoms with Crippen molar-refractivity contribution < 1.29 is 17.6 Å². The van der Waals surface area contributed by atoms with Gasteiger partial charge in [-0.25, -0.2) is 8.78 Å². The summed E-state index contributed by atoms with van der Waals surface area (Å²) in [6.45, 7) is 21.4. The van der Waals surface area contributed by atoms with Crippen LogP contribution in [0.1, 0.15) is 41.5 Å². The third-order valence-corrected chi connectivity index (χ3v) is 21.4. The smallest absolute Gasteiger partial charge is 0.261 e. The largest absolute Gasteiger partial charge is 0.400 e. The Bertz CT molecular complexity index is 1480. The first-order chi connectivity index (χ1) is 26.9. The molecule has 2 aliphatic heterocycles. The highest BCUT2D eigenvalue weighted by Gasteiger charge is 2.53. The first kappa shape index (κ1) is 44.0. The quantitative estimate of drug-likeness (QED) is 0.162. The number of piperazine rings is 2. The lowest BCUT2D eigenvalue weighted by molar-refractivity contribution is 0.0946. The molecule has 0 bridgehead atoms. The van der Waals surface area contributed by atoms with Crippen molar-refractivity contribution in [3.8, 4) is 0 Å². The fraction of sp³-hybridized carbons (Fsp3) is 0.478. The van der Waals surface area contributed by atoms with E-state index in [9.17, 15) is 8.78 Å². The molecule has 0 spiro atoms. The maximum atomic E-state index is 14.2. The number of rotatable bonds is 14. The lowest BCUT2D eigenvalue weighted by Crippen LogP contribution is -2.68. The first-order valence-electron chi connectivity index (χ1n) is 20.5. The zero-order valence-corrected chi connectivity index (χ0v) is 36.7. The maximum absolute atomic E-state index is 14.2. The predicted octanol–water partition coefficient (Wildman–Crippen LogP) is 5.61. The summed E-state index contributed by atoms with van der Waals surface area (Å²) in [5.41, 5.74) is 0. The minimum atomic E-state index is -2.70. The number of nitrogens with one attached hydrogen (secondary N) is 2. The second-order valence-electron chi connectivity index (χ2n) is 17.2. The maximum Gasteiger partial charge on any atom is 0.261 e. The number of hydrogen-bond donors (Lipinski definition) is 2. The zero-order chi connectivity index (χ0) is 40.1. The number of nitrogens with zero attached hydrogens (tertiary/aromatic N) is 2. The van der Waals surface area contributed by atoms with Crippen molar-refractivity contribution >= 4 is 37.4 Å². The van der Waals surface area contributed by atoms with Gasteiger partial charge in [0.25, 0.3) is 16.6 Å². The topological polar surface area (TPSA) is 49.0 Å². The highest BCUT2D eigenvalue weighted by Crippen LogP contribution is 2.39. The van der Waals surface area contributed by atoms with E-state index < -0.39 is 42.2 Å². The van der Waals surface area contributed by atoms with E-state index in [1.165, 1.54) is 20.7 Å². The van der Waals surface area contributed by atoms with Gasteiger partial charge in [0.15, 0.2) is 0 Å². The van der Waals surface area contributed by atoms with Gasteiger partial charge in [-0.05, 0) is 30.8 Å². The van der Waals surface area contributed by atoms with Crippen LogP contribution in [0.4, 0.5) is 8.78 Å². The molecule has 0 unspecified atom stereocenters. The molecular formula is C46H66F2N4O2Si2. The molecule has 4 aromatic carbocycles. The summed E-state index contributed by atoms with van der Waals surface area (Å²) in [7, 11) is -5.40. The van der Waals surface area contributed by atoms with Crippen LogP contribution in [0.25, 0.3) is 0 Å². The van der Waals surface area contributed by atoms with Gasteiger partial charge in [-0.3, -0.25) is 9.80 Å². The standard InChI is InChI=1S/2C23H33FN2OSi/c2*1-23(2,3)28(21-10-6-4-7-11-21,22-12-8-5-9-13-22)27-20(18-24)19-26-16-14-25-15-17-26/h2*4-13,20,25H,14-19H2,1-3H3/t2*20-/m10/s1. The number of benzene rings is 4. The SMILES string of the molecule is CC(C)(C)[Si](O[C@@H](CF)CN1CCNCC1)(c1ccccc1)c1ccccc1.CC(C)(C)[Si](O[C@H](CF)CN1CCNCC1)(c1ccccc1)c1ccccc1. The molecule has 2 N–H and O–H groups in total. The van der Waals surface area contributed by atoms with Gasteiger partial charge in [0.05, 0.1) is 12.2 Å². The summed E-state index contributed by atoms with van der Waals surface area (Å²) in [4.78, 5) is 4.64. The highest BCUT2D eigenvalue weighted by molar-refractivity contribution is 7.00. The van der Waals surface area contributed by atoms with Gasteiger partial charge < -0.3 is 19.5 Å². The van der Waals surface area contributed by atoms with Gasteiger partial charge in [0.2, 0.25) is 0 Å². The van der Waals surface area contributed by atoms with Gasteiger partial charge in [0.1, 0.15) is 13.3 Å². The van der Waals surface area contributed by atoms with E-state index in [1.54, 1.807) is 0 Å². The Morgan fingerprint density at radius 1 is 0.482 bits per heavy atom. The Labute approximate surface area is 338 Å². The van der Waals surface area contributed by atoms with E-state index in [1.807, 2.05) is 24.3 Å². The van der Waals surface area contributed by atoms with Crippen LogP contribution in [0, 0.1) is 0 Å². The normalized spacial score (nSPS) is 17.4. The molecule has 2 saturated heterocycles. The molecule has 2 aliphatic rings. The molecule has 0 aromatic heterocycles. The molecule has 6 rings (SSSR count). The fourth-order valence-electron chi connectivity index (χ4n) is 8.48. The second-order valence-corrected chi connectivity index (χ2v) is 25.7. The predicted molar refractivity (Wildman–Crippen MR) is 236 cm³/mol. The molecule has 0 aliphatic carbocycles. The van der Waals surface area contributed by atoms with Crippen molar-refractivity contribution in [2.24, 2.45) is 0 Å². The van der Waals surface area contributed by atoms with Crippen LogP contribution in [-0.2, 0) is 8.85 Å². The zero-order valence-electron chi connectivity index (χ0n) is 34.7. The minimum absolute atomic E-state index is 0.132. The fourth-order valence-corrected chi connectivity index (χ4v) is 17.8. The summed E-state index contributed by atoms with van der Waals surface area (Å²) < 4.78 is 42.3. The third kappa shape index (κ3) is 10.7. The molecule has 10 heteroatoms. The summed E-state index contributed by atoms with van der Waals surface area (Å²) >= 11 is 0. The Hall–Kier alpha value is -3.07. The summed E-state index contributed by atoms with van der Waals surface area (Å²) in [6, 6.07) is 41.9. The molecule has 2 heterocycles. The molecule has 2 atom stereocenters. The van der Waals surface area contributed by atoms with E-state index in [2.05, 4.69) is 159 Å². The molecule has 4 aromatic rings. The van der Waals surface area contributed by atoms with Crippen molar-refractivity contribution in [2.45, 2.75) is 63.8 Å². The average molecular weight is 801 g/mol. The van der Waals surface area contributed by atoms with E-state index in [-0.39, 0.29) is 10.1 Å². The Morgan fingerprint density at radius 3 is 0.946 bits per heavy atom. The lowest BCUT2D eigenvalue weighted by atomic mass is 10.2. The Morgan fingerprint density at radius 2 is 0.732 bits per heavy atom. The molecule has 2 fully saturated rings. The molecule has 0 radical (unpaired) electrons. The van der Waals surface area contributed by atoms with Crippen LogP contribution in [0.2, 0.25) is 10.1 Å². The van der Waals surface area contributed by atoms with Crippen LogP contribution in [0.3, 0.4) is 0 Å². The second kappa shape index (κ2) is 20.6. The molecule has 304 valence electrons. The molecule has 6 nitrogen and oxygen atoms in total. The number of alkyl halides is 2. The van der Waals surface area contributed by atoms with Crippen molar-refractivity contribution in [1.82, 2.24) is 20.4 Å². The van der Waals surface area contributed by atoms with Crippen molar-refractivity contribution in [3.05, 3.63) is 121 Å². The third-order valence-electron chi connectivity index (χ3n) is 11.2. The summed E-state index contributed by atoms with van der Waals surface area (Å²) in [6.07, 6.45) is -0.853. The molecule has 0 amide bonds. The van der Waals surface area contributed by atoms with Crippen molar-refractivity contribution in [3.63, 3.8) is 0 Å². The van der Waals surface area contributed by atoms with Crippen LogP contribution in [-0.4, -0.2) is 117 Å². The van der Waals surface area contributed by atoms with Gasteiger partial charge in [-0.2, -0.15) is 0 Å². The van der Waals surface area contributed by atoms with Crippen LogP contribution in [0.5, 0.6) is 0 Å². The minimum Gasteiger partial charge on any atom is -0.400 e. The summed E-state index contributed by atoms with van der Waals surface area (Å²) in [5.74, 6) is 0. The Kier molecular flexibility index (Phi) is 16.2. The highest BCUT2D eigenvalue weighted by atomic mass is 28.4. The molecule has 0 saturated carbocycles. The van der Waals surface area contributed by atoms with Crippen LogP contribution < -0.4 is 31.4 Å². The number of halogens is 2. The van der Waals surface area contributed by atoms with E-state index in [0.717, 1.165) is 52.4 Å². The van der Waals surface area contributed by atoms with E-state index in [4.69, 9.17) is 8.85 Å². The van der Waals surface area contributed by atoms with E-state index >= 15 is 0 Å². The lowest BCUT2D eigenvalue weighted by Gasteiger charge is -2.45. The number of hydrogen-bond acceptors (Lipinski definition) is 6. The Balaban J connectivity index is 0.000000214. The van der Waals surface area contributed by atoms with E-state index in [0.29, 0.717) is 13.1 Å². The van der Waals surface area contributed by atoms with Gasteiger partial charge in [-0.1, -0.05) is 163 Å². The average Bonchev–Trinajstić information content (AvgIpc) is 3.22. The van der Waals surface area contributed by atoms with Gasteiger partial charge in [0, 0.05) is 65.4 Å².